The van der Waals surface area contributed by atoms with Crippen LogP contribution in [0, 0.1) is 11.3 Å². The van der Waals surface area contributed by atoms with Crippen molar-refractivity contribution in [3.63, 3.8) is 0 Å². The van der Waals surface area contributed by atoms with Crippen LogP contribution in [0.5, 0.6) is 0 Å². The van der Waals surface area contributed by atoms with Crippen LogP contribution in [0.15, 0.2) is 0 Å². The Balaban J connectivity index is 2.60. The largest absolute Gasteiger partial charge is 0.481 e. The number of carboxylic acid groups (broad SMARTS) is 1. The predicted octanol–water partition coefficient (Wildman–Crippen LogP) is 2.57. The van der Waals surface area contributed by atoms with Gasteiger partial charge in [-0.3, -0.25) is 9.59 Å². The zero-order chi connectivity index (χ0) is 13.8. The van der Waals surface area contributed by atoms with E-state index in [0.717, 1.165) is 25.7 Å². The third kappa shape index (κ3) is 5.07. The zero-order valence-electron chi connectivity index (χ0n) is 11.7. The molecule has 0 aliphatic heterocycles. The molecule has 0 spiro atoms. The van der Waals surface area contributed by atoms with Gasteiger partial charge >= 0.3 is 5.97 Å². The van der Waals surface area contributed by atoms with Crippen LogP contribution >= 0.6 is 0 Å². The Labute approximate surface area is 109 Å². The lowest BCUT2D eigenvalue weighted by Gasteiger charge is -2.25. The first-order valence-electron chi connectivity index (χ1n) is 6.82. The van der Waals surface area contributed by atoms with Crippen molar-refractivity contribution in [1.82, 2.24) is 5.32 Å². The molecular formula is C14H25NO3. The molecule has 104 valence electrons. The average Bonchev–Trinajstić information content (AvgIpc) is 2.39. The predicted molar refractivity (Wildman–Crippen MR) is 70.2 cm³/mol. The molecule has 0 saturated heterocycles. The van der Waals surface area contributed by atoms with Crippen LogP contribution in [0.2, 0.25) is 0 Å². The maximum atomic E-state index is 11.9. The molecule has 4 nitrogen and oxygen atoms in total. The summed E-state index contributed by atoms with van der Waals surface area (Å²) in [6, 6.07) is -0.195. The minimum Gasteiger partial charge on any atom is -0.481 e. The van der Waals surface area contributed by atoms with Crippen molar-refractivity contribution in [1.29, 1.82) is 0 Å². The van der Waals surface area contributed by atoms with Gasteiger partial charge in [0.05, 0.1) is 5.92 Å². The van der Waals surface area contributed by atoms with Crippen molar-refractivity contribution in [3.05, 3.63) is 0 Å². The van der Waals surface area contributed by atoms with Crippen molar-refractivity contribution in [2.45, 2.75) is 65.3 Å². The molecule has 1 rings (SSSR count). The van der Waals surface area contributed by atoms with E-state index in [2.05, 4.69) is 5.32 Å². The third-order valence-electron chi connectivity index (χ3n) is 3.37. The molecule has 0 heterocycles. The number of amides is 1. The summed E-state index contributed by atoms with van der Waals surface area (Å²) >= 11 is 0. The Morgan fingerprint density at radius 2 is 1.78 bits per heavy atom. The molecule has 1 amide bonds. The smallest absolute Gasteiger partial charge is 0.308 e. The molecule has 1 fully saturated rings. The highest BCUT2D eigenvalue weighted by Gasteiger charge is 2.31. The van der Waals surface area contributed by atoms with Gasteiger partial charge in [0.2, 0.25) is 5.91 Å². The van der Waals surface area contributed by atoms with Crippen LogP contribution < -0.4 is 5.32 Å². The second-order valence-electron chi connectivity index (χ2n) is 6.49. The van der Waals surface area contributed by atoms with E-state index in [1.807, 2.05) is 20.8 Å². The SMILES string of the molecule is CC(C)(C)CC(=O)NC1CCCCCC1C(=O)O. The Bertz CT molecular complexity index is 307. The standard InChI is InChI=1S/C14H25NO3/c1-14(2,3)9-12(16)15-11-8-6-4-5-7-10(11)13(17)18/h10-11H,4-9H2,1-3H3,(H,15,16)(H,17,18). The summed E-state index contributed by atoms with van der Waals surface area (Å²) in [5.74, 6) is -1.23. The van der Waals surface area contributed by atoms with Gasteiger partial charge in [0, 0.05) is 12.5 Å². The van der Waals surface area contributed by atoms with E-state index in [-0.39, 0.29) is 17.4 Å². The van der Waals surface area contributed by atoms with Gasteiger partial charge in [-0.2, -0.15) is 0 Å². The maximum absolute atomic E-state index is 11.9. The molecule has 4 heteroatoms. The summed E-state index contributed by atoms with van der Waals surface area (Å²) in [6.45, 7) is 6.02. The van der Waals surface area contributed by atoms with Gasteiger partial charge < -0.3 is 10.4 Å². The van der Waals surface area contributed by atoms with E-state index < -0.39 is 11.9 Å². The van der Waals surface area contributed by atoms with Gasteiger partial charge in [0.15, 0.2) is 0 Å². The summed E-state index contributed by atoms with van der Waals surface area (Å²) in [6.07, 6.45) is 4.92. The van der Waals surface area contributed by atoms with Gasteiger partial charge in [0.1, 0.15) is 0 Å². The first kappa shape index (κ1) is 15.0. The fourth-order valence-electron chi connectivity index (χ4n) is 2.52. The highest BCUT2D eigenvalue weighted by atomic mass is 16.4. The Kier molecular flexibility index (Phi) is 5.17. The van der Waals surface area contributed by atoms with Crippen LogP contribution in [0.1, 0.15) is 59.3 Å². The van der Waals surface area contributed by atoms with Crippen LogP contribution in [0.4, 0.5) is 0 Å². The highest BCUT2D eigenvalue weighted by Crippen LogP contribution is 2.25. The molecule has 0 bridgehead atoms. The van der Waals surface area contributed by atoms with Crippen LogP contribution in [-0.4, -0.2) is 23.0 Å². The molecule has 18 heavy (non-hydrogen) atoms. The monoisotopic (exact) mass is 255 g/mol. The van der Waals surface area contributed by atoms with E-state index >= 15 is 0 Å². The Morgan fingerprint density at radius 1 is 1.17 bits per heavy atom. The van der Waals surface area contributed by atoms with Crippen LogP contribution in [0.3, 0.4) is 0 Å². The lowest BCUT2D eigenvalue weighted by molar-refractivity contribution is -0.143. The number of carboxylic acids is 1. The molecule has 2 N–H and O–H groups in total. The number of rotatable bonds is 3. The van der Waals surface area contributed by atoms with E-state index in [1.165, 1.54) is 0 Å². The fraction of sp³-hybridized carbons (Fsp3) is 0.857. The molecule has 0 aromatic carbocycles. The molecule has 1 aliphatic carbocycles. The molecule has 2 atom stereocenters. The number of hydrogen-bond acceptors (Lipinski definition) is 2. The zero-order valence-corrected chi connectivity index (χ0v) is 11.7. The minimum absolute atomic E-state index is 0.0272. The second-order valence-corrected chi connectivity index (χ2v) is 6.49. The summed E-state index contributed by atoms with van der Waals surface area (Å²) in [4.78, 5) is 23.1. The molecular weight excluding hydrogens is 230 g/mol. The number of hydrogen-bond donors (Lipinski definition) is 2. The van der Waals surface area contributed by atoms with Crippen molar-refractivity contribution in [2.24, 2.45) is 11.3 Å². The van der Waals surface area contributed by atoms with E-state index in [1.54, 1.807) is 0 Å². The fourth-order valence-corrected chi connectivity index (χ4v) is 2.52. The molecule has 0 aromatic heterocycles. The lowest BCUT2D eigenvalue weighted by Crippen LogP contribution is -2.43. The third-order valence-corrected chi connectivity index (χ3v) is 3.37. The van der Waals surface area contributed by atoms with Crippen molar-refractivity contribution in [2.75, 3.05) is 0 Å². The van der Waals surface area contributed by atoms with Crippen LogP contribution in [0.25, 0.3) is 0 Å². The van der Waals surface area contributed by atoms with E-state index in [9.17, 15) is 14.7 Å². The van der Waals surface area contributed by atoms with Crippen molar-refractivity contribution in [3.8, 4) is 0 Å². The van der Waals surface area contributed by atoms with Gasteiger partial charge in [0.25, 0.3) is 0 Å². The van der Waals surface area contributed by atoms with Gasteiger partial charge in [-0.05, 0) is 18.3 Å². The molecule has 1 aliphatic rings. The summed E-state index contributed by atoms with van der Waals surface area (Å²) in [5, 5.41) is 12.2. The number of aliphatic carboxylic acids is 1. The molecule has 2 unspecified atom stereocenters. The average molecular weight is 255 g/mol. The van der Waals surface area contributed by atoms with E-state index in [4.69, 9.17) is 0 Å². The molecule has 0 aromatic rings. The Morgan fingerprint density at radius 3 is 2.33 bits per heavy atom. The van der Waals surface area contributed by atoms with Gasteiger partial charge in [-0.25, -0.2) is 0 Å². The first-order chi connectivity index (χ1) is 8.29. The van der Waals surface area contributed by atoms with Crippen molar-refractivity contribution >= 4 is 11.9 Å². The maximum Gasteiger partial charge on any atom is 0.308 e. The summed E-state index contributed by atoms with van der Waals surface area (Å²) in [5.41, 5.74) is -0.0620. The van der Waals surface area contributed by atoms with E-state index in [0.29, 0.717) is 12.8 Å². The van der Waals surface area contributed by atoms with Gasteiger partial charge in [-0.15, -0.1) is 0 Å². The van der Waals surface area contributed by atoms with Crippen LogP contribution in [-0.2, 0) is 9.59 Å². The van der Waals surface area contributed by atoms with Crippen molar-refractivity contribution < 1.29 is 14.7 Å². The summed E-state index contributed by atoms with van der Waals surface area (Å²) < 4.78 is 0. The first-order valence-corrected chi connectivity index (χ1v) is 6.82. The normalized spacial score (nSPS) is 25.3. The topological polar surface area (TPSA) is 66.4 Å². The Hall–Kier alpha value is -1.06. The number of carbonyl (C=O) groups excluding carboxylic acids is 1. The number of nitrogens with one attached hydrogen (secondary N) is 1. The highest BCUT2D eigenvalue weighted by molar-refractivity contribution is 5.78. The number of carbonyl (C=O) groups is 2. The second kappa shape index (κ2) is 6.21. The molecule has 0 radical (unpaired) electrons. The quantitative estimate of drug-likeness (QED) is 0.762. The minimum atomic E-state index is -0.780. The summed E-state index contributed by atoms with van der Waals surface area (Å²) in [7, 11) is 0. The molecule has 1 saturated carbocycles. The van der Waals surface area contributed by atoms with Gasteiger partial charge in [-0.1, -0.05) is 40.0 Å². The lowest BCUT2D eigenvalue weighted by atomic mass is 9.90.